The molecule has 5 nitrogen and oxygen atoms in total. The van der Waals surface area contributed by atoms with Crippen LogP contribution in [0.25, 0.3) is 0 Å². The highest BCUT2D eigenvalue weighted by Crippen LogP contribution is 2.22. The highest BCUT2D eigenvalue weighted by atomic mass is 79.9. The number of carbonyl (C=O) groups excluding carboxylic acids is 1. The van der Waals surface area contributed by atoms with Gasteiger partial charge in [-0.2, -0.15) is 11.8 Å². The second kappa shape index (κ2) is 6.99. The summed E-state index contributed by atoms with van der Waals surface area (Å²) < 4.78 is 0.714. The van der Waals surface area contributed by atoms with Crippen molar-refractivity contribution in [2.75, 3.05) is 16.8 Å². The predicted octanol–water partition coefficient (Wildman–Crippen LogP) is 3.16. The van der Waals surface area contributed by atoms with Gasteiger partial charge < -0.3 is 15.7 Å². The smallest absolute Gasteiger partial charge is 0.337 e. The summed E-state index contributed by atoms with van der Waals surface area (Å²) in [7, 11) is 0. The van der Waals surface area contributed by atoms with Crippen LogP contribution in [0.3, 0.4) is 0 Å². The van der Waals surface area contributed by atoms with Crippen molar-refractivity contribution in [3.63, 3.8) is 0 Å². The maximum atomic E-state index is 11.9. The zero-order chi connectivity index (χ0) is 14.5. The number of hydrogen-bond acceptors (Lipinski definition) is 3. The Hall–Kier alpha value is -1.21. The van der Waals surface area contributed by atoms with Crippen LogP contribution < -0.4 is 10.6 Å². The van der Waals surface area contributed by atoms with Crippen molar-refractivity contribution in [2.45, 2.75) is 18.9 Å². The predicted molar refractivity (Wildman–Crippen MR) is 83.6 cm³/mol. The van der Waals surface area contributed by atoms with E-state index in [4.69, 9.17) is 5.11 Å². The molecule has 0 radical (unpaired) electrons. The van der Waals surface area contributed by atoms with Crippen LogP contribution in [-0.2, 0) is 0 Å². The van der Waals surface area contributed by atoms with Gasteiger partial charge in [0.1, 0.15) is 0 Å². The third-order valence-corrected chi connectivity index (χ3v) is 4.66. The largest absolute Gasteiger partial charge is 0.478 e. The number of rotatable bonds is 3. The average Bonchev–Trinajstić information content (AvgIpc) is 2.39. The van der Waals surface area contributed by atoms with E-state index in [1.165, 1.54) is 6.07 Å². The van der Waals surface area contributed by atoms with E-state index < -0.39 is 5.97 Å². The highest BCUT2D eigenvalue weighted by Gasteiger charge is 2.18. The Morgan fingerprint density at radius 2 is 2.20 bits per heavy atom. The zero-order valence-electron chi connectivity index (χ0n) is 10.7. The molecule has 0 saturated carbocycles. The lowest BCUT2D eigenvalue weighted by Crippen LogP contribution is -2.41. The molecule has 0 spiro atoms. The number of hydrogen-bond donors (Lipinski definition) is 3. The fourth-order valence-corrected chi connectivity index (χ4v) is 3.44. The first-order chi connectivity index (χ1) is 9.56. The van der Waals surface area contributed by atoms with Crippen LogP contribution in [0.1, 0.15) is 23.2 Å². The molecule has 1 aromatic rings. The van der Waals surface area contributed by atoms with Crippen LogP contribution >= 0.6 is 27.7 Å². The molecule has 1 saturated heterocycles. The SMILES string of the molecule is O=C(Nc1cc(Br)ccc1C(=O)O)NC1CCCSC1. The summed E-state index contributed by atoms with van der Waals surface area (Å²) in [5, 5.41) is 14.6. The molecule has 0 bridgehead atoms. The fourth-order valence-electron chi connectivity index (χ4n) is 2.00. The molecule has 1 aromatic carbocycles. The summed E-state index contributed by atoms with van der Waals surface area (Å²) in [5.74, 6) is 0.966. The molecular formula is C13H15BrN2O3S. The zero-order valence-corrected chi connectivity index (χ0v) is 13.1. The molecule has 2 rings (SSSR count). The van der Waals surface area contributed by atoms with E-state index in [9.17, 15) is 9.59 Å². The maximum absolute atomic E-state index is 11.9. The van der Waals surface area contributed by atoms with Gasteiger partial charge in [-0.1, -0.05) is 15.9 Å². The van der Waals surface area contributed by atoms with E-state index in [1.807, 2.05) is 11.8 Å². The van der Waals surface area contributed by atoms with Crippen molar-refractivity contribution >= 4 is 45.4 Å². The molecule has 108 valence electrons. The first-order valence-electron chi connectivity index (χ1n) is 6.24. The molecular weight excluding hydrogens is 344 g/mol. The molecule has 20 heavy (non-hydrogen) atoms. The first kappa shape index (κ1) is 15.2. The Balaban J connectivity index is 2.03. The van der Waals surface area contributed by atoms with E-state index in [2.05, 4.69) is 26.6 Å². The summed E-state index contributed by atoms with van der Waals surface area (Å²) >= 11 is 5.08. The van der Waals surface area contributed by atoms with Gasteiger partial charge in [-0.25, -0.2) is 9.59 Å². The monoisotopic (exact) mass is 358 g/mol. The van der Waals surface area contributed by atoms with Gasteiger partial charge in [0.25, 0.3) is 0 Å². The maximum Gasteiger partial charge on any atom is 0.337 e. The third-order valence-electron chi connectivity index (χ3n) is 2.96. The molecule has 1 unspecified atom stereocenters. The number of amides is 2. The highest BCUT2D eigenvalue weighted by molar-refractivity contribution is 9.10. The topological polar surface area (TPSA) is 78.4 Å². The minimum absolute atomic E-state index is 0.0707. The van der Waals surface area contributed by atoms with Crippen molar-refractivity contribution < 1.29 is 14.7 Å². The lowest BCUT2D eigenvalue weighted by molar-refractivity contribution is 0.0698. The number of carboxylic acids is 1. The van der Waals surface area contributed by atoms with E-state index in [0.717, 1.165) is 24.3 Å². The Morgan fingerprint density at radius 3 is 2.85 bits per heavy atom. The molecule has 1 aliphatic heterocycles. The lowest BCUT2D eigenvalue weighted by atomic mass is 10.2. The second-order valence-electron chi connectivity index (χ2n) is 4.51. The molecule has 3 N–H and O–H groups in total. The number of anilines is 1. The fraction of sp³-hybridized carbons (Fsp3) is 0.385. The number of halogens is 1. The van der Waals surface area contributed by atoms with Gasteiger partial charge >= 0.3 is 12.0 Å². The van der Waals surface area contributed by atoms with Crippen molar-refractivity contribution in [3.8, 4) is 0 Å². The van der Waals surface area contributed by atoms with Crippen LogP contribution in [0.4, 0.5) is 10.5 Å². The van der Waals surface area contributed by atoms with Gasteiger partial charge in [-0.15, -0.1) is 0 Å². The standard InChI is InChI=1S/C13H15BrN2O3S/c14-8-3-4-10(12(17)18)11(6-8)16-13(19)15-9-2-1-5-20-7-9/h3-4,6,9H,1-2,5,7H2,(H,17,18)(H2,15,16,19). The van der Waals surface area contributed by atoms with Crippen molar-refractivity contribution in [3.05, 3.63) is 28.2 Å². The Kier molecular flexibility index (Phi) is 5.31. The van der Waals surface area contributed by atoms with Gasteiger partial charge in [0.2, 0.25) is 0 Å². The third kappa shape index (κ3) is 4.14. The molecule has 0 aliphatic carbocycles. The van der Waals surface area contributed by atoms with Gasteiger partial charge in [0.05, 0.1) is 11.3 Å². The number of carbonyl (C=O) groups is 2. The van der Waals surface area contributed by atoms with Crippen LogP contribution in [0.5, 0.6) is 0 Å². The van der Waals surface area contributed by atoms with Crippen LogP contribution in [0.2, 0.25) is 0 Å². The van der Waals surface area contributed by atoms with E-state index in [1.54, 1.807) is 12.1 Å². The van der Waals surface area contributed by atoms with Gasteiger partial charge in [-0.3, -0.25) is 0 Å². The molecule has 1 heterocycles. The summed E-state index contributed by atoms with van der Waals surface area (Å²) in [6, 6.07) is 4.45. The molecule has 1 fully saturated rings. The lowest BCUT2D eigenvalue weighted by Gasteiger charge is -2.22. The van der Waals surface area contributed by atoms with Crippen molar-refractivity contribution in [1.82, 2.24) is 5.32 Å². The Labute approximate surface area is 129 Å². The van der Waals surface area contributed by atoms with Crippen LogP contribution in [0, 0.1) is 0 Å². The summed E-state index contributed by atoms with van der Waals surface area (Å²) in [6.45, 7) is 0. The molecule has 1 aliphatic rings. The summed E-state index contributed by atoms with van der Waals surface area (Å²) in [6.07, 6.45) is 2.05. The minimum atomic E-state index is -1.07. The number of nitrogens with one attached hydrogen (secondary N) is 2. The molecule has 0 aromatic heterocycles. The van der Waals surface area contributed by atoms with E-state index in [0.29, 0.717) is 4.47 Å². The summed E-state index contributed by atoms with van der Waals surface area (Å²) in [5.41, 5.74) is 0.356. The number of aromatic carboxylic acids is 1. The molecule has 1 atom stereocenters. The Bertz CT molecular complexity index is 518. The average molecular weight is 359 g/mol. The molecule has 2 amide bonds. The van der Waals surface area contributed by atoms with E-state index in [-0.39, 0.29) is 23.3 Å². The quantitative estimate of drug-likeness (QED) is 0.775. The van der Waals surface area contributed by atoms with Crippen molar-refractivity contribution in [1.29, 1.82) is 0 Å². The minimum Gasteiger partial charge on any atom is -0.478 e. The Morgan fingerprint density at radius 1 is 1.40 bits per heavy atom. The van der Waals surface area contributed by atoms with Gasteiger partial charge in [0.15, 0.2) is 0 Å². The normalized spacial score (nSPS) is 18.4. The van der Waals surface area contributed by atoms with Crippen molar-refractivity contribution in [2.24, 2.45) is 0 Å². The van der Waals surface area contributed by atoms with Gasteiger partial charge in [0, 0.05) is 16.3 Å². The number of urea groups is 1. The van der Waals surface area contributed by atoms with Crippen LogP contribution in [0.15, 0.2) is 22.7 Å². The molecule has 7 heteroatoms. The number of thioether (sulfide) groups is 1. The number of benzene rings is 1. The summed E-state index contributed by atoms with van der Waals surface area (Å²) in [4.78, 5) is 23.0. The van der Waals surface area contributed by atoms with Gasteiger partial charge in [-0.05, 0) is 36.8 Å². The van der Waals surface area contributed by atoms with E-state index >= 15 is 0 Å². The first-order valence-corrected chi connectivity index (χ1v) is 8.19. The number of carboxylic acid groups (broad SMARTS) is 1. The van der Waals surface area contributed by atoms with Crippen LogP contribution in [-0.4, -0.2) is 34.7 Å². The second-order valence-corrected chi connectivity index (χ2v) is 6.57.